The van der Waals surface area contributed by atoms with Crippen LogP contribution in [-0.2, 0) is 0 Å². The van der Waals surface area contributed by atoms with Crippen molar-refractivity contribution in [2.24, 2.45) is 5.10 Å². The lowest BCUT2D eigenvalue weighted by atomic mass is 10.1. The van der Waals surface area contributed by atoms with E-state index in [1.165, 1.54) is 30.5 Å². The molecule has 0 aliphatic heterocycles. The molecule has 2 aromatic carbocycles. The fraction of sp³-hybridized carbons (Fsp3) is 0. The summed E-state index contributed by atoms with van der Waals surface area (Å²) in [5.74, 6) is -0.753. The van der Waals surface area contributed by atoms with Gasteiger partial charge in [-0.3, -0.25) is 19.7 Å². The third-order valence-electron chi connectivity index (χ3n) is 3.66. The van der Waals surface area contributed by atoms with Gasteiger partial charge in [-0.15, -0.1) is 0 Å². The predicted molar refractivity (Wildman–Crippen MR) is 112 cm³/mol. The van der Waals surface area contributed by atoms with Crippen molar-refractivity contribution in [2.45, 2.75) is 0 Å². The minimum absolute atomic E-state index is 0.00554. The molecule has 0 aliphatic rings. The van der Waals surface area contributed by atoms with Crippen LogP contribution < -0.4 is 10.7 Å². The molecule has 2 amide bonds. The first-order valence-corrected chi connectivity index (χ1v) is 9.36. The van der Waals surface area contributed by atoms with Crippen LogP contribution in [0.1, 0.15) is 25.6 Å². The Morgan fingerprint density at radius 3 is 2.21 bits per heavy atom. The Kier molecular flexibility index (Phi) is 6.32. The van der Waals surface area contributed by atoms with Crippen LogP contribution in [-0.4, -0.2) is 23.0 Å². The molecule has 2 N–H and O–H groups in total. The number of hydrogen-bond donors (Lipinski definition) is 2. The van der Waals surface area contributed by atoms with E-state index in [0.29, 0.717) is 26.7 Å². The third-order valence-corrected chi connectivity index (χ3v) is 4.89. The molecule has 29 heavy (non-hydrogen) atoms. The van der Waals surface area contributed by atoms with Crippen molar-refractivity contribution in [3.8, 4) is 0 Å². The number of nitrogens with zero attached hydrogens (tertiary/aromatic N) is 2. The molecule has 0 bridgehead atoms. The van der Waals surface area contributed by atoms with Gasteiger partial charge in [0.05, 0.1) is 16.0 Å². The van der Waals surface area contributed by atoms with Crippen molar-refractivity contribution in [1.82, 2.24) is 5.43 Å². The number of nitro groups is 1. The highest BCUT2D eigenvalue weighted by Crippen LogP contribution is 2.22. The van der Waals surface area contributed by atoms with E-state index in [1.54, 1.807) is 36.4 Å². The van der Waals surface area contributed by atoms with Gasteiger partial charge < -0.3 is 5.32 Å². The number of hydrogen-bond acceptors (Lipinski definition) is 6. The van der Waals surface area contributed by atoms with Crippen LogP contribution in [0.25, 0.3) is 0 Å². The highest BCUT2D eigenvalue weighted by molar-refractivity contribution is 7.16. The zero-order valence-electron chi connectivity index (χ0n) is 14.7. The number of rotatable bonds is 6. The van der Waals surface area contributed by atoms with Crippen LogP contribution in [0.15, 0.2) is 65.8 Å². The van der Waals surface area contributed by atoms with Gasteiger partial charge in [-0.25, -0.2) is 5.43 Å². The number of thiophene rings is 1. The SMILES string of the molecule is O=C(N/N=C/c1ccc([N+](=O)[O-])s1)c1ccc(NC(=O)c2ccc(Cl)cc2)cc1. The minimum Gasteiger partial charge on any atom is -0.322 e. The van der Waals surface area contributed by atoms with Gasteiger partial charge in [0.15, 0.2) is 0 Å². The van der Waals surface area contributed by atoms with E-state index in [2.05, 4.69) is 15.8 Å². The summed E-state index contributed by atoms with van der Waals surface area (Å²) in [5, 5.41) is 17.7. The quantitative estimate of drug-likeness (QED) is 0.345. The van der Waals surface area contributed by atoms with Crippen molar-refractivity contribution in [1.29, 1.82) is 0 Å². The largest absolute Gasteiger partial charge is 0.324 e. The first-order chi connectivity index (χ1) is 13.9. The maximum atomic E-state index is 12.2. The van der Waals surface area contributed by atoms with Gasteiger partial charge in [0, 0.05) is 27.9 Å². The summed E-state index contributed by atoms with van der Waals surface area (Å²) in [6.07, 6.45) is 1.33. The average Bonchev–Trinajstić information content (AvgIpc) is 3.18. The molecular formula is C19H13ClN4O4S. The lowest BCUT2D eigenvalue weighted by molar-refractivity contribution is -0.380. The smallest absolute Gasteiger partial charge is 0.322 e. The number of anilines is 1. The monoisotopic (exact) mass is 428 g/mol. The lowest BCUT2D eigenvalue weighted by Crippen LogP contribution is -2.17. The summed E-state index contributed by atoms with van der Waals surface area (Å²) >= 11 is 6.75. The molecule has 0 unspecified atom stereocenters. The Morgan fingerprint density at radius 1 is 0.966 bits per heavy atom. The van der Waals surface area contributed by atoms with Crippen LogP contribution in [0.3, 0.4) is 0 Å². The highest BCUT2D eigenvalue weighted by Gasteiger charge is 2.09. The lowest BCUT2D eigenvalue weighted by Gasteiger charge is -2.06. The Labute approximate surface area is 174 Å². The second-order valence-corrected chi connectivity index (χ2v) is 7.20. The van der Waals surface area contributed by atoms with Gasteiger partial charge in [-0.1, -0.05) is 22.9 Å². The van der Waals surface area contributed by atoms with E-state index >= 15 is 0 Å². The zero-order valence-corrected chi connectivity index (χ0v) is 16.2. The van der Waals surface area contributed by atoms with Gasteiger partial charge in [0.25, 0.3) is 11.8 Å². The fourth-order valence-corrected chi connectivity index (χ4v) is 3.06. The van der Waals surface area contributed by atoms with Crippen molar-refractivity contribution >= 4 is 51.7 Å². The molecule has 0 aliphatic carbocycles. The van der Waals surface area contributed by atoms with Gasteiger partial charge >= 0.3 is 5.00 Å². The van der Waals surface area contributed by atoms with Crippen molar-refractivity contribution < 1.29 is 14.5 Å². The van der Waals surface area contributed by atoms with E-state index in [9.17, 15) is 19.7 Å². The maximum absolute atomic E-state index is 12.2. The van der Waals surface area contributed by atoms with Crippen LogP contribution in [0.2, 0.25) is 5.02 Å². The molecule has 3 rings (SSSR count). The van der Waals surface area contributed by atoms with Crippen LogP contribution >= 0.6 is 22.9 Å². The molecule has 1 heterocycles. The Morgan fingerprint density at radius 2 is 1.59 bits per heavy atom. The topological polar surface area (TPSA) is 114 Å². The first kappa shape index (κ1) is 20.2. The van der Waals surface area contributed by atoms with Crippen LogP contribution in [0.4, 0.5) is 10.7 Å². The van der Waals surface area contributed by atoms with Crippen molar-refractivity contribution in [3.05, 3.63) is 91.8 Å². The van der Waals surface area contributed by atoms with E-state index in [0.717, 1.165) is 11.3 Å². The van der Waals surface area contributed by atoms with Crippen LogP contribution in [0.5, 0.6) is 0 Å². The first-order valence-electron chi connectivity index (χ1n) is 8.17. The molecule has 0 spiro atoms. The van der Waals surface area contributed by atoms with Crippen molar-refractivity contribution in [2.75, 3.05) is 5.32 Å². The number of nitrogens with one attached hydrogen (secondary N) is 2. The summed E-state index contributed by atoms with van der Waals surface area (Å²) in [5.41, 5.74) is 3.66. The average molecular weight is 429 g/mol. The number of carbonyl (C=O) groups excluding carboxylic acids is 2. The van der Waals surface area contributed by atoms with E-state index < -0.39 is 10.8 Å². The number of hydrazone groups is 1. The van der Waals surface area contributed by atoms with Gasteiger partial charge in [0.2, 0.25) is 0 Å². The molecule has 0 fully saturated rings. The van der Waals surface area contributed by atoms with E-state index in [4.69, 9.17) is 11.6 Å². The molecule has 0 saturated heterocycles. The third kappa shape index (κ3) is 5.47. The highest BCUT2D eigenvalue weighted by atomic mass is 35.5. The molecule has 1 aromatic heterocycles. The fourth-order valence-electron chi connectivity index (χ4n) is 2.24. The summed E-state index contributed by atoms with van der Waals surface area (Å²) in [6.45, 7) is 0. The van der Waals surface area contributed by atoms with Gasteiger partial charge in [-0.05, 0) is 54.6 Å². The molecule has 0 atom stereocenters. The Balaban J connectivity index is 1.56. The molecule has 0 radical (unpaired) electrons. The number of halogens is 1. The standard InChI is InChI=1S/C19H13ClN4O4S/c20-14-5-1-12(2-6-14)18(25)22-15-7-3-13(4-8-15)19(26)23-21-11-16-9-10-17(29-16)24(27)28/h1-11H,(H,22,25)(H,23,26)/b21-11+. The number of carbonyl (C=O) groups is 2. The zero-order chi connectivity index (χ0) is 20.8. The predicted octanol–water partition coefficient (Wildman–Crippen LogP) is 4.33. The number of amides is 2. The minimum atomic E-state index is -0.492. The van der Waals surface area contributed by atoms with E-state index in [1.807, 2.05) is 0 Å². The van der Waals surface area contributed by atoms with Gasteiger partial charge in [-0.2, -0.15) is 5.10 Å². The second-order valence-electron chi connectivity index (χ2n) is 5.67. The Bertz CT molecular complexity index is 1080. The second kappa shape index (κ2) is 9.09. The van der Waals surface area contributed by atoms with Crippen LogP contribution in [0, 0.1) is 10.1 Å². The normalized spacial score (nSPS) is 10.7. The van der Waals surface area contributed by atoms with E-state index in [-0.39, 0.29) is 10.9 Å². The molecular weight excluding hydrogens is 416 g/mol. The molecule has 8 nitrogen and oxygen atoms in total. The van der Waals surface area contributed by atoms with Gasteiger partial charge in [0.1, 0.15) is 0 Å². The summed E-state index contributed by atoms with van der Waals surface area (Å²) in [7, 11) is 0. The number of benzene rings is 2. The molecule has 3 aromatic rings. The summed E-state index contributed by atoms with van der Waals surface area (Å²) < 4.78 is 0. The Hall–Kier alpha value is -3.56. The summed E-state index contributed by atoms with van der Waals surface area (Å²) in [4.78, 5) is 35.0. The molecule has 146 valence electrons. The maximum Gasteiger partial charge on any atom is 0.324 e. The molecule has 0 saturated carbocycles. The molecule has 10 heteroatoms. The van der Waals surface area contributed by atoms with Crippen molar-refractivity contribution in [3.63, 3.8) is 0 Å². The summed E-state index contributed by atoms with van der Waals surface area (Å²) in [6, 6.07) is 15.6.